The fourth-order valence-corrected chi connectivity index (χ4v) is 14.3. The van der Waals surface area contributed by atoms with Crippen molar-refractivity contribution in [2.45, 2.75) is 5.41 Å². The highest BCUT2D eigenvalue weighted by Crippen LogP contribution is 2.64. The van der Waals surface area contributed by atoms with Gasteiger partial charge in [0.25, 0.3) is 0 Å². The minimum Gasteiger partial charge on any atom is -0.454 e. The molecule has 3 aromatic heterocycles. The van der Waals surface area contributed by atoms with Crippen molar-refractivity contribution in [2.24, 2.45) is 0 Å². The number of anilines is 6. The second kappa shape index (κ2) is 16.6. The van der Waals surface area contributed by atoms with Crippen LogP contribution < -0.4 is 9.80 Å². The van der Waals surface area contributed by atoms with Crippen LogP contribution in [0.25, 0.3) is 104 Å². The van der Waals surface area contributed by atoms with Crippen LogP contribution in [0.1, 0.15) is 22.3 Å². The number of hydrogen-bond acceptors (Lipinski definition) is 4. The van der Waals surface area contributed by atoms with E-state index in [1.165, 1.54) is 68.1 Å². The van der Waals surface area contributed by atoms with Crippen LogP contribution in [0.4, 0.5) is 42.9 Å². The molecule has 18 rings (SSSR count). The smallest absolute Gasteiger partial charge is 0.159 e. The molecule has 16 aromatic rings. The molecule has 1 aliphatic carbocycles. The van der Waals surface area contributed by atoms with Gasteiger partial charge in [-0.3, -0.25) is 0 Å². The van der Waals surface area contributed by atoms with E-state index < -0.39 is 5.41 Å². The van der Waals surface area contributed by atoms with E-state index in [9.17, 15) is 0 Å². The summed E-state index contributed by atoms with van der Waals surface area (Å²) in [6, 6.07) is 89.5. The van der Waals surface area contributed by atoms with Crippen molar-refractivity contribution in [3.8, 4) is 16.8 Å². The molecule has 0 saturated heterocycles. The summed E-state index contributed by atoms with van der Waals surface area (Å²) in [5.74, 6) is -0.652. The van der Waals surface area contributed by atoms with Crippen LogP contribution in [-0.2, 0) is 5.41 Å². The van der Waals surface area contributed by atoms with Crippen molar-refractivity contribution in [3.05, 3.63) is 295 Å². The fraction of sp³-hybridized carbons (Fsp3) is 0.0133. The number of para-hydroxylation sites is 5. The molecule has 0 amide bonds. The first-order chi connectivity index (χ1) is 40.5. The average Bonchev–Trinajstić information content (AvgIpc) is 1.66. The van der Waals surface area contributed by atoms with E-state index in [0.29, 0.717) is 0 Å². The van der Waals surface area contributed by atoms with E-state index >= 15 is 8.78 Å². The van der Waals surface area contributed by atoms with Gasteiger partial charge in [0, 0.05) is 55.1 Å². The number of furan rings is 2. The second-order valence-corrected chi connectivity index (χ2v) is 21.7. The number of halogens is 2. The summed E-state index contributed by atoms with van der Waals surface area (Å²) in [5.41, 5.74) is 17.3. The van der Waals surface area contributed by atoms with Gasteiger partial charge in [-0.25, -0.2) is 8.78 Å². The Morgan fingerprint density at radius 1 is 0.329 bits per heavy atom. The van der Waals surface area contributed by atoms with Crippen LogP contribution in [0.2, 0.25) is 0 Å². The molecular formula is C75H43F2N3O2. The second-order valence-electron chi connectivity index (χ2n) is 21.7. The highest BCUT2D eigenvalue weighted by Gasteiger charge is 2.52. The van der Waals surface area contributed by atoms with Gasteiger partial charge in [-0.15, -0.1) is 0 Å². The summed E-state index contributed by atoms with van der Waals surface area (Å²) < 4.78 is 46.5. The molecule has 2 aliphatic rings. The summed E-state index contributed by atoms with van der Waals surface area (Å²) in [4.78, 5) is 4.42. The highest BCUT2D eigenvalue weighted by molar-refractivity contribution is 6.19. The summed E-state index contributed by atoms with van der Waals surface area (Å²) in [7, 11) is 0. The molecule has 0 atom stereocenters. The van der Waals surface area contributed by atoms with Gasteiger partial charge in [-0.05, 0) is 164 Å². The Balaban J connectivity index is 1.01. The minimum absolute atomic E-state index is 0.324. The fourth-order valence-electron chi connectivity index (χ4n) is 14.3. The van der Waals surface area contributed by atoms with E-state index in [2.05, 4.69) is 190 Å². The third-order valence-corrected chi connectivity index (χ3v) is 17.6. The predicted octanol–water partition coefficient (Wildman–Crippen LogP) is 20.8. The molecule has 0 N–H and O–H groups in total. The number of rotatable bonds is 6. The lowest BCUT2D eigenvalue weighted by Gasteiger charge is -2.40. The van der Waals surface area contributed by atoms with Crippen molar-refractivity contribution in [1.29, 1.82) is 0 Å². The van der Waals surface area contributed by atoms with Crippen molar-refractivity contribution < 1.29 is 17.6 Å². The van der Waals surface area contributed by atoms with Crippen LogP contribution in [0, 0.1) is 11.6 Å². The minimum atomic E-state index is -0.853. The van der Waals surface area contributed by atoms with Gasteiger partial charge >= 0.3 is 0 Å². The number of hydrogen-bond donors (Lipinski definition) is 0. The molecule has 1 spiro atoms. The van der Waals surface area contributed by atoms with Crippen molar-refractivity contribution in [1.82, 2.24) is 4.57 Å². The maximum atomic E-state index is 15.3. The van der Waals surface area contributed by atoms with E-state index in [-0.39, 0.29) is 11.6 Å². The molecule has 13 aromatic carbocycles. The number of aromatic nitrogens is 1. The zero-order chi connectivity index (χ0) is 53.9. The Labute approximate surface area is 467 Å². The SMILES string of the molecule is Fc1ccc(N(c2ccc3c(c2)c2cc(N(c4ccc(F)cc4)c4cccc5c4oc4ccccc45)cc4c2n3-c2ccccc2C42c3ccc4ccccc4c3-c3c2ccc2ccccc32)c2cccc3c2oc2ccccc23)cc1. The van der Waals surface area contributed by atoms with Gasteiger partial charge in [-0.2, -0.15) is 0 Å². The Bertz CT molecular complexity index is 5320. The average molecular weight is 1060 g/mol. The molecule has 0 saturated carbocycles. The summed E-state index contributed by atoms with van der Waals surface area (Å²) >= 11 is 0. The first-order valence-corrected chi connectivity index (χ1v) is 27.7. The molecule has 0 bridgehead atoms. The van der Waals surface area contributed by atoms with Gasteiger partial charge in [0.1, 0.15) is 22.8 Å². The molecule has 1 aliphatic heterocycles. The lowest BCUT2D eigenvalue weighted by Crippen LogP contribution is -2.33. The van der Waals surface area contributed by atoms with Crippen molar-refractivity contribution >= 4 is 121 Å². The molecule has 0 radical (unpaired) electrons. The van der Waals surface area contributed by atoms with Crippen LogP contribution >= 0.6 is 0 Å². The highest BCUT2D eigenvalue weighted by atomic mass is 19.1. The zero-order valence-corrected chi connectivity index (χ0v) is 43.7. The third-order valence-electron chi connectivity index (χ3n) is 17.6. The maximum absolute atomic E-state index is 15.3. The Morgan fingerprint density at radius 2 is 0.805 bits per heavy atom. The van der Waals surface area contributed by atoms with Crippen LogP contribution in [0.3, 0.4) is 0 Å². The molecule has 7 heteroatoms. The summed E-state index contributed by atoms with van der Waals surface area (Å²) in [6.07, 6.45) is 0. The van der Waals surface area contributed by atoms with Crippen molar-refractivity contribution in [3.63, 3.8) is 0 Å². The Morgan fingerprint density at radius 3 is 1.39 bits per heavy atom. The van der Waals surface area contributed by atoms with Crippen LogP contribution in [-0.4, -0.2) is 4.57 Å². The van der Waals surface area contributed by atoms with Gasteiger partial charge in [0.15, 0.2) is 11.2 Å². The van der Waals surface area contributed by atoms with E-state index in [0.717, 1.165) is 117 Å². The van der Waals surface area contributed by atoms with E-state index in [4.69, 9.17) is 8.83 Å². The van der Waals surface area contributed by atoms with Gasteiger partial charge in [-0.1, -0.05) is 152 Å². The first kappa shape index (κ1) is 45.1. The van der Waals surface area contributed by atoms with Crippen LogP contribution in [0.5, 0.6) is 0 Å². The predicted molar refractivity (Wildman–Crippen MR) is 330 cm³/mol. The summed E-state index contributed by atoms with van der Waals surface area (Å²) in [5, 5.41) is 10.7. The molecule has 4 heterocycles. The molecule has 384 valence electrons. The monoisotopic (exact) mass is 1060 g/mol. The number of fused-ring (bicyclic) bond motifs is 22. The van der Waals surface area contributed by atoms with E-state index in [1.54, 1.807) is 0 Å². The largest absolute Gasteiger partial charge is 0.454 e. The van der Waals surface area contributed by atoms with Gasteiger partial charge < -0.3 is 23.2 Å². The van der Waals surface area contributed by atoms with Crippen molar-refractivity contribution in [2.75, 3.05) is 9.80 Å². The lowest BCUT2D eigenvalue weighted by molar-refractivity contribution is 0.627. The Hall–Kier alpha value is -10.8. The zero-order valence-electron chi connectivity index (χ0n) is 43.7. The normalized spacial score (nSPS) is 13.1. The number of benzene rings is 13. The summed E-state index contributed by atoms with van der Waals surface area (Å²) in [6.45, 7) is 0. The quantitative estimate of drug-likeness (QED) is 0.166. The standard InChI is InChI=1S/C75H43F2N3O2/c76-46-29-33-48(34-30-46)78(66-23-11-19-56-54-17-5-9-25-68(54)81-73(56)66)50-37-40-64-58(41-50)59-42-51(79(49-35-31-47(77)32-36-49)67-24-12-20-57-55-18-6-10-26-69(55)82-74(57)67)43-63-72(59)80(64)65-22-8-7-21-60(65)75(63)61-38-27-44-13-1-3-15-52(44)70(61)71-53-16-4-2-14-45(53)28-39-62(71)75/h1-43H. The molecule has 0 unspecified atom stereocenters. The molecular weight excluding hydrogens is 1010 g/mol. The molecule has 82 heavy (non-hydrogen) atoms. The number of nitrogens with zero attached hydrogens (tertiary/aromatic N) is 3. The molecule has 5 nitrogen and oxygen atoms in total. The Kier molecular flexibility index (Phi) is 9.16. The van der Waals surface area contributed by atoms with Crippen LogP contribution in [0.15, 0.2) is 270 Å². The lowest BCUT2D eigenvalue weighted by atomic mass is 9.65. The third kappa shape index (κ3) is 6.03. The van der Waals surface area contributed by atoms with Gasteiger partial charge in [0.05, 0.1) is 33.5 Å². The molecule has 0 fully saturated rings. The van der Waals surface area contributed by atoms with E-state index in [1.807, 2.05) is 60.7 Å². The first-order valence-electron chi connectivity index (χ1n) is 27.7. The maximum Gasteiger partial charge on any atom is 0.159 e. The topological polar surface area (TPSA) is 37.7 Å². The van der Waals surface area contributed by atoms with Gasteiger partial charge in [0.2, 0.25) is 0 Å².